The molecule has 0 aliphatic carbocycles. The topological polar surface area (TPSA) is 53.7 Å². The van der Waals surface area contributed by atoms with Gasteiger partial charge in [0, 0.05) is 11.9 Å². The fourth-order valence-electron chi connectivity index (χ4n) is 2.29. The number of fused-ring (bicyclic) bond motifs is 1. The Morgan fingerprint density at radius 1 is 1.30 bits per heavy atom. The minimum Gasteiger partial charge on any atom is -0.475 e. The first-order valence-corrected chi connectivity index (χ1v) is 7.12. The Morgan fingerprint density at radius 2 is 2.10 bits per heavy atom. The summed E-state index contributed by atoms with van der Waals surface area (Å²) < 4.78 is 5.27. The second-order valence-corrected chi connectivity index (χ2v) is 5.01. The maximum Gasteiger partial charge on any atom is 0.371 e. The molecule has 1 aromatic heterocycles. The molecule has 20 heavy (non-hydrogen) atoms. The molecule has 0 amide bonds. The van der Waals surface area contributed by atoms with Gasteiger partial charge in [0.25, 0.3) is 0 Å². The van der Waals surface area contributed by atoms with Crippen molar-refractivity contribution < 1.29 is 14.3 Å². The average Bonchev–Trinajstić information content (AvgIpc) is 2.86. The third kappa shape index (κ3) is 3.39. The molecule has 0 radical (unpaired) electrons. The zero-order valence-corrected chi connectivity index (χ0v) is 12.1. The minimum atomic E-state index is -1.03. The van der Waals surface area contributed by atoms with Crippen LogP contribution in [0.25, 0.3) is 11.0 Å². The van der Waals surface area contributed by atoms with E-state index in [0.29, 0.717) is 5.58 Å². The summed E-state index contributed by atoms with van der Waals surface area (Å²) in [5.41, 5.74) is 1.82. The Labute approximate surface area is 119 Å². The van der Waals surface area contributed by atoms with E-state index in [1.807, 2.05) is 18.2 Å². The van der Waals surface area contributed by atoms with Crippen molar-refractivity contribution in [3.8, 4) is 0 Å². The van der Waals surface area contributed by atoms with Gasteiger partial charge in [-0.25, -0.2) is 4.79 Å². The number of furan rings is 1. The van der Waals surface area contributed by atoms with Gasteiger partial charge in [0.1, 0.15) is 5.58 Å². The molecule has 0 saturated carbocycles. The molecule has 0 aliphatic rings. The van der Waals surface area contributed by atoms with Crippen molar-refractivity contribution in [2.24, 2.45) is 0 Å². The first-order chi connectivity index (χ1) is 9.63. The van der Waals surface area contributed by atoms with Gasteiger partial charge >= 0.3 is 5.97 Å². The van der Waals surface area contributed by atoms with Gasteiger partial charge in [-0.3, -0.25) is 4.90 Å². The molecule has 0 aliphatic heterocycles. The molecule has 4 nitrogen and oxygen atoms in total. The summed E-state index contributed by atoms with van der Waals surface area (Å²) in [6.45, 7) is 7.36. The summed E-state index contributed by atoms with van der Waals surface area (Å²) in [6.07, 6.45) is 2.39. The number of aromatic carboxylic acids is 1. The largest absolute Gasteiger partial charge is 0.475 e. The summed E-state index contributed by atoms with van der Waals surface area (Å²) in [7, 11) is 0. The monoisotopic (exact) mass is 275 g/mol. The molecule has 4 heteroatoms. The van der Waals surface area contributed by atoms with Crippen LogP contribution in [0.3, 0.4) is 0 Å². The second kappa shape index (κ2) is 6.57. The van der Waals surface area contributed by atoms with Crippen molar-refractivity contribution in [2.45, 2.75) is 33.2 Å². The van der Waals surface area contributed by atoms with Gasteiger partial charge in [-0.1, -0.05) is 26.3 Å². The van der Waals surface area contributed by atoms with Crippen LogP contribution < -0.4 is 0 Å². The van der Waals surface area contributed by atoms with Gasteiger partial charge in [0.15, 0.2) is 0 Å². The van der Waals surface area contributed by atoms with Crippen LogP contribution >= 0.6 is 0 Å². The molecule has 0 unspecified atom stereocenters. The molecule has 1 heterocycles. The van der Waals surface area contributed by atoms with Crippen LogP contribution in [0.15, 0.2) is 28.7 Å². The van der Waals surface area contributed by atoms with Crippen LogP contribution in [0.2, 0.25) is 0 Å². The van der Waals surface area contributed by atoms with Gasteiger partial charge in [-0.2, -0.15) is 0 Å². The van der Waals surface area contributed by atoms with E-state index in [2.05, 4.69) is 18.7 Å². The highest BCUT2D eigenvalue weighted by atomic mass is 16.4. The molecule has 2 rings (SSSR count). The van der Waals surface area contributed by atoms with Crippen molar-refractivity contribution >= 4 is 16.9 Å². The molecule has 108 valence electrons. The number of carboxylic acid groups (broad SMARTS) is 1. The van der Waals surface area contributed by atoms with E-state index < -0.39 is 5.97 Å². The Kier molecular flexibility index (Phi) is 4.79. The number of hydrogen-bond acceptors (Lipinski definition) is 3. The maximum absolute atomic E-state index is 10.9. The van der Waals surface area contributed by atoms with E-state index in [4.69, 9.17) is 9.52 Å². The highest BCUT2D eigenvalue weighted by Gasteiger charge is 2.11. The molecule has 0 fully saturated rings. The first kappa shape index (κ1) is 14.6. The highest BCUT2D eigenvalue weighted by molar-refractivity contribution is 5.91. The number of nitrogens with zero attached hydrogens (tertiary/aromatic N) is 1. The molecule has 0 spiro atoms. The predicted molar refractivity (Wildman–Crippen MR) is 79.0 cm³/mol. The lowest BCUT2D eigenvalue weighted by molar-refractivity contribution is 0.0665. The lowest BCUT2D eigenvalue weighted by Crippen LogP contribution is -2.23. The van der Waals surface area contributed by atoms with Gasteiger partial charge in [-0.15, -0.1) is 0 Å². The highest BCUT2D eigenvalue weighted by Crippen LogP contribution is 2.21. The van der Waals surface area contributed by atoms with Crippen molar-refractivity contribution in [3.63, 3.8) is 0 Å². The summed E-state index contributed by atoms with van der Waals surface area (Å²) in [4.78, 5) is 13.3. The molecule has 0 atom stereocenters. The predicted octanol–water partition coefficient (Wildman–Crippen LogP) is 3.75. The number of rotatable bonds is 7. The molecule has 0 bridgehead atoms. The third-order valence-electron chi connectivity index (χ3n) is 3.47. The van der Waals surface area contributed by atoms with E-state index in [1.165, 1.54) is 18.4 Å². The Hall–Kier alpha value is -1.81. The van der Waals surface area contributed by atoms with Crippen LogP contribution in [-0.2, 0) is 6.54 Å². The number of hydrogen-bond donors (Lipinski definition) is 1. The van der Waals surface area contributed by atoms with Gasteiger partial charge in [0.05, 0.1) is 0 Å². The number of unbranched alkanes of at least 4 members (excludes halogenated alkanes) is 1. The molecule has 0 saturated heterocycles. The van der Waals surface area contributed by atoms with E-state index in [9.17, 15) is 4.79 Å². The first-order valence-electron chi connectivity index (χ1n) is 7.12. The fourth-order valence-corrected chi connectivity index (χ4v) is 2.29. The van der Waals surface area contributed by atoms with Crippen molar-refractivity contribution in [3.05, 3.63) is 35.6 Å². The van der Waals surface area contributed by atoms with Crippen LogP contribution in [0.4, 0.5) is 0 Å². The van der Waals surface area contributed by atoms with Gasteiger partial charge < -0.3 is 9.52 Å². The second-order valence-electron chi connectivity index (χ2n) is 5.01. The molecule has 1 aromatic carbocycles. The molecule has 1 N–H and O–H groups in total. The minimum absolute atomic E-state index is 0.00418. The van der Waals surface area contributed by atoms with Crippen molar-refractivity contribution in [1.29, 1.82) is 0 Å². The summed E-state index contributed by atoms with van der Waals surface area (Å²) in [6, 6.07) is 7.46. The number of carbonyl (C=O) groups is 1. The lowest BCUT2D eigenvalue weighted by Gasteiger charge is -2.20. The van der Waals surface area contributed by atoms with Crippen LogP contribution in [0.5, 0.6) is 0 Å². The van der Waals surface area contributed by atoms with E-state index in [0.717, 1.165) is 25.0 Å². The summed E-state index contributed by atoms with van der Waals surface area (Å²) in [5.74, 6) is -1.03. The van der Waals surface area contributed by atoms with Crippen molar-refractivity contribution in [2.75, 3.05) is 13.1 Å². The Morgan fingerprint density at radius 3 is 2.75 bits per heavy atom. The van der Waals surface area contributed by atoms with Crippen LogP contribution in [0.1, 0.15) is 42.8 Å². The smallest absolute Gasteiger partial charge is 0.371 e. The maximum atomic E-state index is 10.9. The SMILES string of the molecule is CCCCN(CC)Cc1ccc2oc(C(=O)O)cc2c1. The van der Waals surface area contributed by atoms with E-state index in [1.54, 1.807) is 6.07 Å². The van der Waals surface area contributed by atoms with Gasteiger partial charge in [-0.05, 0) is 43.3 Å². The number of carboxylic acids is 1. The average molecular weight is 275 g/mol. The zero-order chi connectivity index (χ0) is 14.5. The zero-order valence-electron chi connectivity index (χ0n) is 12.1. The molecular formula is C16H21NO3. The van der Waals surface area contributed by atoms with Gasteiger partial charge in [0.2, 0.25) is 5.76 Å². The third-order valence-corrected chi connectivity index (χ3v) is 3.47. The van der Waals surface area contributed by atoms with E-state index >= 15 is 0 Å². The Bertz CT molecular complexity index is 588. The standard InChI is InChI=1S/C16H21NO3/c1-3-5-8-17(4-2)11-12-6-7-14-13(9-12)10-15(20-14)16(18)19/h6-7,9-10H,3-5,8,11H2,1-2H3,(H,18,19). The van der Waals surface area contributed by atoms with Crippen LogP contribution in [0, 0.1) is 0 Å². The lowest BCUT2D eigenvalue weighted by atomic mass is 10.1. The molecule has 2 aromatic rings. The summed E-state index contributed by atoms with van der Waals surface area (Å²) in [5, 5.41) is 9.79. The number of benzene rings is 1. The molecular weight excluding hydrogens is 254 g/mol. The quantitative estimate of drug-likeness (QED) is 0.836. The van der Waals surface area contributed by atoms with Crippen molar-refractivity contribution in [1.82, 2.24) is 4.90 Å². The van der Waals surface area contributed by atoms with Crippen LogP contribution in [-0.4, -0.2) is 29.1 Å². The Balaban J connectivity index is 2.16. The summed E-state index contributed by atoms with van der Waals surface area (Å²) >= 11 is 0. The normalized spacial score (nSPS) is 11.3. The fraction of sp³-hybridized carbons (Fsp3) is 0.438. The van der Waals surface area contributed by atoms with E-state index in [-0.39, 0.29) is 5.76 Å².